The van der Waals surface area contributed by atoms with Gasteiger partial charge in [0.15, 0.2) is 0 Å². The van der Waals surface area contributed by atoms with E-state index in [9.17, 15) is 9.59 Å². The van der Waals surface area contributed by atoms with Gasteiger partial charge in [-0.05, 0) is 33.3 Å². The van der Waals surface area contributed by atoms with Gasteiger partial charge in [0, 0.05) is 19.6 Å². The van der Waals surface area contributed by atoms with Gasteiger partial charge in [0.25, 0.3) is 0 Å². The number of benzene rings is 1. The standard InChI is InChI=1S/C22H36N2O6/c1-5-27-13-14-29-16-15-28-12-11-23-20(25)19(17-18-9-7-6-8-10-18)24-21(26)30-22(2,3)4/h6-10,19H,5,11-17H2,1-4H3,(H,23,25)(H,24,26)/t19-/m1/s1. The zero-order chi connectivity index (χ0) is 22.2. The van der Waals surface area contributed by atoms with Gasteiger partial charge in [-0.15, -0.1) is 0 Å². The van der Waals surface area contributed by atoms with Crippen molar-refractivity contribution >= 4 is 12.0 Å². The number of nitrogens with one attached hydrogen (secondary N) is 2. The molecule has 0 heterocycles. The van der Waals surface area contributed by atoms with E-state index in [1.807, 2.05) is 37.3 Å². The van der Waals surface area contributed by atoms with Crippen molar-refractivity contribution in [2.24, 2.45) is 0 Å². The predicted molar refractivity (Wildman–Crippen MR) is 114 cm³/mol. The topological polar surface area (TPSA) is 95.1 Å². The van der Waals surface area contributed by atoms with Crippen LogP contribution in [-0.4, -0.2) is 69.8 Å². The van der Waals surface area contributed by atoms with Gasteiger partial charge >= 0.3 is 6.09 Å². The lowest BCUT2D eigenvalue weighted by atomic mass is 10.1. The number of hydrogen-bond donors (Lipinski definition) is 2. The summed E-state index contributed by atoms with van der Waals surface area (Å²) in [6.07, 6.45) is -0.264. The maximum absolute atomic E-state index is 12.6. The first-order chi connectivity index (χ1) is 14.3. The van der Waals surface area contributed by atoms with Crippen molar-refractivity contribution < 1.29 is 28.5 Å². The molecule has 0 fully saturated rings. The first kappa shape index (κ1) is 25.9. The Kier molecular flexibility index (Phi) is 12.7. The van der Waals surface area contributed by atoms with E-state index >= 15 is 0 Å². The van der Waals surface area contributed by atoms with Gasteiger partial charge in [0.1, 0.15) is 11.6 Å². The van der Waals surface area contributed by atoms with Crippen molar-refractivity contribution in [2.45, 2.75) is 45.8 Å². The molecule has 0 unspecified atom stereocenters. The summed E-state index contributed by atoms with van der Waals surface area (Å²) in [5.41, 5.74) is 0.297. The minimum atomic E-state index is -0.746. The molecule has 1 aromatic rings. The monoisotopic (exact) mass is 424 g/mol. The number of hydrogen-bond acceptors (Lipinski definition) is 6. The van der Waals surface area contributed by atoms with E-state index in [4.69, 9.17) is 18.9 Å². The molecule has 30 heavy (non-hydrogen) atoms. The van der Waals surface area contributed by atoms with Crippen molar-refractivity contribution in [2.75, 3.05) is 46.2 Å². The van der Waals surface area contributed by atoms with E-state index in [-0.39, 0.29) is 5.91 Å². The second-order valence-corrected chi connectivity index (χ2v) is 7.60. The highest BCUT2D eigenvalue weighted by Gasteiger charge is 2.24. The lowest BCUT2D eigenvalue weighted by Crippen LogP contribution is -2.49. The Balaban J connectivity index is 2.39. The van der Waals surface area contributed by atoms with Gasteiger partial charge in [-0.3, -0.25) is 4.79 Å². The molecule has 1 atom stereocenters. The molecule has 2 amide bonds. The maximum Gasteiger partial charge on any atom is 0.408 e. The summed E-state index contributed by atoms with van der Waals surface area (Å²) >= 11 is 0. The molecule has 0 spiro atoms. The Morgan fingerprint density at radius 3 is 2.13 bits per heavy atom. The van der Waals surface area contributed by atoms with E-state index < -0.39 is 17.7 Å². The fourth-order valence-corrected chi connectivity index (χ4v) is 2.46. The summed E-state index contributed by atoms with van der Waals surface area (Å²) in [6, 6.07) is 8.75. The van der Waals surface area contributed by atoms with Crippen LogP contribution in [0.4, 0.5) is 4.79 Å². The molecule has 0 bridgehead atoms. The Hall–Kier alpha value is -2.16. The normalized spacial score (nSPS) is 12.3. The van der Waals surface area contributed by atoms with Gasteiger partial charge in [0.05, 0.1) is 33.0 Å². The van der Waals surface area contributed by atoms with Crippen LogP contribution in [0, 0.1) is 0 Å². The number of alkyl carbamates (subject to hydrolysis) is 1. The zero-order valence-corrected chi connectivity index (χ0v) is 18.6. The fourth-order valence-electron chi connectivity index (χ4n) is 2.46. The van der Waals surface area contributed by atoms with Crippen molar-refractivity contribution in [1.29, 1.82) is 0 Å². The predicted octanol–water partition coefficient (Wildman–Crippen LogP) is 2.31. The molecule has 0 radical (unpaired) electrons. The van der Waals surface area contributed by atoms with Crippen LogP contribution in [-0.2, 0) is 30.2 Å². The average molecular weight is 425 g/mol. The zero-order valence-electron chi connectivity index (χ0n) is 18.6. The van der Waals surface area contributed by atoms with Crippen molar-refractivity contribution in [3.8, 4) is 0 Å². The van der Waals surface area contributed by atoms with E-state index in [1.54, 1.807) is 20.8 Å². The number of carbonyl (C=O) groups excluding carboxylic acids is 2. The third-order valence-corrected chi connectivity index (χ3v) is 3.78. The molecule has 0 aliphatic heterocycles. The van der Waals surface area contributed by atoms with E-state index in [2.05, 4.69) is 10.6 Å². The molecule has 1 rings (SSSR count). The van der Waals surface area contributed by atoms with Gasteiger partial charge in [-0.2, -0.15) is 0 Å². The Labute approximate surface area is 179 Å². The highest BCUT2D eigenvalue weighted by atomic mass is 16.6. The van der Waals surface area contributed by atoms with Crippen LogP contribution in [0.15, 0.2) is 30.3 Å². The van der Waals surface area contributed by atoms with Crippen molar-refractivity contribution in [3.63, 3.8) is 0 Å². The first-order valence-corrected chi connectivity index (χ1v) is 10.4. The third-order valence-electron chi connectivity index (χ3n) is 3.78. The van der Waals surface area contributed by atoms with E-state index in [0.29, 0.717) is 52.6 Å². The van der Waals surface area contributed by atoms with Crippen LogP contribution in [0.25, 0.3) is 0 Å². The summed E-state index contributed by atoms with van der Waals surface area (Å²) in [4.78, 5) is 24.8. The molecule has 8 nitrogen and oxygen atoms in total. The SMILES string of the molecule is CCOCCOCCOCCNC(=O)[C@@H](Cc1ccccc1)NC(=O)OC(C)(C)C. The lowest BCUT2D eigenvalue weighted by Gasteiger charge is -2.23. The third kappa shape index (κ3) is 13.1. The highest BCUT2D eigenvalue weighted by Crippen LogP contribution is 2.08. The number of amides is 2. The Morgan fingerprint density at radius 1 is 0.933 bits per heavy atom. The van der Waals surface area contributed by atoms with Crippen molar-refractivity contribution in [3.05, 3.63) is 35.9 Å². The molecular formula is C22H36N2O6. The Bertz CT molecular complexity index is 603. The molecule has 0 aliphatic rings. The molecule has 0 saturated carbocycles. The van der Waals surface area contributed by atoms with E-state index in [0.717, 1.165) is 5.56 Å². The second-order valence-electron chi connectivity index (χ2n) is 7.60. The molecule has 0 aromatic heterocycles. The van der Waals surface area contributed by atoms with Crippen LogP contribution in [0.2, 0.25) is 0 Å². The number of rotatable bonds is 14. The molecule has 8 heteroatoms. The van der Waals surface area contributed by atoms with Crippen molar-refractivity contribution in [1.82, 2.24) is 10.6 Å². The summed E-state index contributed by atoms with van der Waals surface area (Å²) in [7, 11) is 0. The average Bonchev–Trinajstić information content (AvgIpc) is 2.68. The lowest BCUT2D eigenvalue weighted by molar-refractivity contribution is -0.123. The maximum atomic E-state index is 12.6. The Morgan fingerprint density at radius 2 is 1.53 bits per heavy atom. The highest BCUT2D eigenvalue weighted by molar-refractivity contribution is 5.86. The fraction of sp³-hybridized carbons (Fsp3) is 0.636. The molecule has 2 N–H and O–H groups in total. The largest absolute Gasteiger partial charge is 0.444 e. The molecular weight excluding hydrogens is 388 g/mol. The number of carbonyl (C=O) groups is 2. The summed E-state index contributed by atoms with van der Waals surface area (Å²) < 4.78 is 21.3. The van der Waals surface area contributed by atoms with Gasteiger partial charge in [0.2, 0.25) is 5.91 Å². The smallest absolute Gasteiger partial charge is 0.408 e. The molecule has 0 saturated heterocycles. The number of ether oxygens (including phenoxy) is 4. The van der Waals surface area contributed by atoms with Crippen LogP contribution in [0.3, 0.4) is 0 Å². The summed E-state index contributed by atoms with van der Waals surface area (Å²) in [5.74, 6) is -0.290. The molecule has 1 aromatic carbocycles. The molecule has 170 valence electrons. The quantitative estimate of drug-likeness (QED) is 0.445. The van der Waals surface area contributed by atoms with Crippen LogP contribution < -0.4 is 10.6 Å². The molecule has 0 aliphatic carbocycles. The van der Waals surface area contributed by atoms with Gasteiger partial charge in [-0.1, -0.05) is 30.3 Å². The van der Waals surface area contributed by atoms with Gasteiger partial charge < -0.3 is 29.6 Å². The summed E-state index contributed by atoms with van der Waals surface area (Å²) in [5, 5.41) is 5.46. The van der Waals surface area contributed by atoms with Crippen LogP contribution in [0.1, 0.15) is 33.3 Å². The van der Waals surface area contributed by atoms with Crippen LogP contribution >= 0.6 is 0 Å². The first-order valence-electron chi connectivity index (χ1n) is 10.4. The minimum Gasteiger partial charge on any atom is -0.444 e. The van der Waals surface area contributed by atoms with Crippen LogP contribution in [0.5, 0.6) is 0 Å². The second kappa shape index (κ2) is 14.8. The summed E-state index contributed by atoms with van der Waals surface area (Å²) in [6.45, 7) is 10.6. The minimum absolute atomic E-state index is 0.290. The van der Waals surface area contributed by atoms with E-state index in [1.165, 1.54) is 0 Å². The van der Waals surface area contributed by atoms with Gasteiger partial charge in [-0.25, -0.2) is 4.79 Å².